The molecule has 0 saturated heterocycles. The van der Waals surface area contributed by atoms with Crippen molar-refractivity contribution in [1.82, 2.24) is 4.90 Å². The first kappa shape index (κ1) is 16.3. The van der Waals surface area contributed by atoms with E-state index < -0.39 is 0 Å². The fourth-order valence-electron chi connectivity index (χ4n) is 3.18. The van der Waals surface area contributed by atoms with Crippen molar-refractivity contribution in [3.8, 4) is 5.75 Å². The Bertz CT molecular complexity index is 770. The molecule has 0 aromatic heterocycles. The van der Waals surface area contributed by atoms with Gasteiger partial charge in [-0.2, -0.15) is 0 Å². The third-order valence-corrected chi connectivity index (χ3v) is 4.65. The van der Waals surface area contributed by atoms with Gasteiger partial charge in [-0.25, -0.2) is 0 Å². The number of benzene rings is 3. The predicted molar refractivity (Wildman–Crippen MR) is 99.0 cm³/mol. The van der Waals surface area contributed by atoms with Crippen LogP contribution in [0.1, 0.15) is 35.7 Å². The highest BCUT2D eigenvalue weighted by molar-refractivity contribution is 5.41. The third kappa shape index (κ3) is 3.34. The molecule has 2 nitrogen and oxygen atoms in total. The largest absolute Gasteiger partial charge is 0.508 e. The van der Waals surface area contributed by atoms with Crippen molar-refractivity contribution >= 4 is 0 Å². The van der Waals surface area contributed by atoms with Gasteiger partial charge >= 0.3 is 0 Å². The van der Waals surface area contributed by atoms with Gasteiger partial charge in [0.2, 0.25) is 0 Å². The lowest BCUT2D eigenvalue weighted by atomic mass is 9.94. The van der Waals surface area contributed by atoms with Crippen LogP contribution in [0.2, 0.25) is 0 Å². The van der Waals surface area contributed by atoms with E-state index in [1.165, 1.54) is 11.1 Å². The van der Waals surface area contributed by atoms with Crippen molar-refractivity contribution in [2.24, 2.45) is 0 Å². The molecule has 0 aliphatic heterocycles. The summed E-state index contributed by atoms with van der Waals surface area (Å²) in [6.07, 6.45) is 0. The van der Waals surface area contributed by atoms with Crippen LogP contribution in [0.5, 0.6) is 5.75 Å². The highest BCUT2D eigenvalue weighted by Crippen LogP contribution is 2.37. The maximum atomic E-state index is 10.4. The molecule has 3 aromatic rings. The van der Waals surface area contributed by atoms with Gasteiger partial charge in [0.15, 0.2) is 0 Å². The van der Waals surface area contributed by atoms with E-state index in [2.05, 4.69) is 55.3 Å². The topological polar surface area (TPSA) is 23.5 Å². The first-order valence-corrected chi connectivity index (χ1v) is 8.28. The molecule has 0 heterocycles. The monoisotopic (exact) mass is 317 g/mol. The lowest BCUT2D eigenvalue weighted by molar-refractivity contribution is 0.210. The van der Waals surface area contributed by atoms with Crippen LogP contribution in [-0.4, -0.2) is 17.1 Å². The van der Waals surface area contributed by atoms with Gasteiger partial charge in [0.05, 0.1) is 6.04 Å². The van der Waals surface area contributed by atoms with E-state index in [0.717, 1.165) is 5.56 Å². The number of hydrogen-bond acceptors (Lipinski definition) is 2. The van der Waals surface area contributed by atoms with Crippen LogP contribution in [0.25, 0.3) is 0 Å². The Kier molecular flexibility index (Phi) is 4.97. The summed E-state index contributed by atoms with van der Waals surface area (Å²) in [5, 5.41) is 10.4. The molecular formula is C22H23NO. The second kappa shape index (κ2) is 7.33. The molecule has 1 N–H and O–H groups in total. The number of para-hydroxylation sites is 1. The second-order valence-electron chi connectivity index (χ2n) is 6.12. The molecule has 0 bridgehead atoms. The zero-order valence-corrected chi connectivity index (χ0v) is 14.1. The summed E-state index contributed by atoms with van der Waals surface area (Å²) in [5.41, 5.74) is 3.36. The minimum atomic E-state index is -0.0115. The maximum Gasteiger partial charge on any atom is 0.120 e. The van der Waals surface area contributed by atoms with E-state index >= 15 is 0 Å². The molecule has 2 atom stereocenters. The van der Waals surface area contributed by atoms with Gasteiger partial charge in [-0.1, -0.05) is 78.9 Å². The summed E-state index contributed by atoms with van der Waals surface area (Å²) < 4.78 is 0. The van der Waals surface area contributed by atoms with Crippen LogP contribution in [0.4, 0.5) is 0 Å². The summed E-state index contributed by atoms with van der Waals surface area (Å²) in [5.74, 6) is 0.332. The number of phenols is 1. The van der Waals surface area contributed by atoms with Crippen molar-refractivity contribution in [1.29, 1.82) is 0 Å². The molecule has 0 radical (unpaired) electrons. The third-order valence-electron chi connectivity index (χ3n) is 4.65. The zero-order chi connectivity index (χ0) is 16.9. The molecule has 0 unspecified atom stereocenters. The first-order valence-electron chi connectivity index (χ1n) is 8.28. The second-order valence-corrected chi connectivity index (χ2v) is 6.12. The predicted octanol–water partition coefficient (Wildman–Crippen LogP) is 5.17. The molecular weight excluding hydrogens is 294 g/mol. The molecule has 0 fully saturated rings. The molecule has 3 rings (SSSR count). The Labute approximate surface area is 144 Å². The van der Waals surface area contributed by atoms with Crippen molar-refractivity contribution < 1.29 is 5.11 Å². The van der Waals surface area contributed by atoms with Crippen LogP contribution in [0, 0.1) is 0 Å². The Morgan fingerprint density at radius 1 is 0.708 bits per heavy atom. The SMILES string of the molecule is C[C@H](c1ccccc1)N(C)[C@@H](c1ccccc1)c1ccccc1O. The average molecular weight is 317 g/mol. The molecule has 122 valence electrons. The number of aromatic hydroxyl groups is 1. The highest BCUT2D eigenvalue weighted by Gasteiger charge is 2.26. The lowest BCUT2D eigenvalue weighted by Gasteiger charge is -2.34. The summed E-state index contributed by atoms with van der Waals surface area (Å²) in [6, 6.07) is 28.6. The van der Waals surface area contributed by atoms with Gasteiger partial charge in [-0.05, 0) is 31.2 Å². The van der Waals surface area contributed by atoms with E-state index in [4.69, 9.17) is 0 Å². The molecule has 0 aliphatic carbocycles. The zero-order valence-electron chi connectivity index (χ0n) is 14.1. The van der Waals surface area contributed by atoms with Gasteiger partial charge in [0.25, 0.3) is 0 Å². The fraction of sp³-hybridized carbons (Fsp3) is 0.182. The summed E-state index contributed by atoms with van der Waals surface area (Å²) in [7, 11) is 2.11. The number of nitrogens with zero attached hydrogens (tertiary/aromatic N) is 1. The van der Waals surface area contributed by atoms with E-state index in [1.807, 2.05) is 42.5 Å². The van der Waals surface area contributed by atoms with Crippen LogP contribution < -0.4 is 0 Å². The van der Waals surface area contributed by atoms with Crippen molar-refractivity contribution in [2.75, 3.05) is 7.05 Å². The van der Waals surface area contributed by atoms with Crippen LogP contribution in [0.3, 0.4) is 0 Å². The standard InChI is InChI=1S/C22H23NO/c1-17(18-11-5-3-6-12-18)23(2)22(19-13-7-4-8-14-19)20-15-9-10-16-21(20)24/h3-17,22,24H,1-2H3/t17-,22+/m1/s1. The van der Waals surface area contributed by atoms with Crippen LogP contribution in [0.15, 0.2) is 84.9 Å². The molecule has 0 spiro atoms. The van der Waals surface area contributed by atoms with E-state index in [0.29, 0.717) is 5.75 Å². The van der Waals surface area contributed by atoms with Crippen LogP contribution >= 0.6 is 0 Å². The van der Waals surface area contributed by atoms with Crippen molar-refractivity contribution in [3.05, 3.63) is 102 Å². The summed E-state index contributed by atoms with van der Waals surface area (Å²) in [6.45, 7) is 2.20. The fourth-order valence-corrected chi connectivity index (χ4v) is 3.18. The van der Waals surface area contributed by atoms with Crippen LogP contribution in [-0.2, 0) is 0 Å². The van der Waals surface area contributed by atoms with Gasteiger partial charge in [-0.3, -0.25) is 4.90 Å². The molecule has 0 aliphatic rings. The number of rotatable bonds is 5. The van der Waals surface area contributed by atoms with Crippen molar-refractivity contribution in [2.45, 2.75) is 19.0 Å². The Morgan fingerprint density at radius 2 is 1.21 bits per heavy atom. The molecule has 24 heavy (non-hydrogen) atoms. The van der Waals surface area contributed by atoms with E-state index in [1.54, 1.807) is 6.07 Å². The maximum absolute atomic E-state index is 10.4. The summed E-state index contributed by atoms with van der Waals surface area (Å²) in [4.78, 5) is 2.31. The lowest BCUT2D eigenvalue weighted by Crippen LogP contribution is -2.28. The smallest absolute Gasteiger partial charge is 0.120 e. The van der Waals surface area contributed by atoms with Gasteiger partial charge in [-0.15, -0.1) is 0 Å². The Hall–Kier alpha value is -2.58. The Balaban J connectivity index is 2.03. The molecule has 3 aromatic carbocycles. The normalized spacial score (nSPS) is 13.6. The number of hydrogen-bond donors (Lipinski definition) is 1. The minimum absolute atomic E-state index is 0.0115. The average Bonchev–Trinajstić information content (AvgIpc) is 2.64. The Morgan fingerprint density at radius 3 is 1.79 bits per heavy atom. The first-order chi connectivity index (χ1) is 11.7. The quantitative estimate of drug-likeness (QED) is 0.701. The van der Waals surface area contributed by atoms with Gasteiger partial charge in [0, 0.05) is 11.6 Å². The van der Waals surface area contributed by atoms with Gasteiger partial charge in [0.1, 0.15) is 5.75 Å². The van der Waals surface area contributed by atoms with E-state index in [-0.39, 0.29) is 12.1 Å². The molecule has 0 saturated carbocycles. The molecule has 0 amide bonds. The highest BCUT2D eigenvalue weighted by atomic mass is 16.3. The minimum Gasteiger partial charge on any atom is -0.508 e. The van der Waals surface area contributed by atoms with Crippen molar-refractivity contribution in [3.63, 3.8) is 0 Å². The van der Waals surface area contributed by atoms with E-state index in [9.17, 15) is 5.11 Å². The molecule has 2 heteroatoms. The van der Waals surface area contributed by atoms with Gasteiger partial charge < -0.3 is 5.11 Å². The summed E-state index contributed by atoms with van der Waals surface area (Å²) >= 11 is 0. The number of phenolic OH excluding ortho intramolecular Hbond substituents is 1.